The van der Waals surface area contributed by atoms with Gasteiger partial charge in [-0.2, -0.15) is 4.98 Å². The molecule has 0 amide bonds. The molecular formula is C30H35F2N7O. The Morgan fingerprint density at radius 1 is 0.950 bits per heavy atom. The SMILES string of the molecule is C[C@@H]1CN(Cc2ccc(Nc3ncc4ccn(-c5cc(F)c(CN6CCOCC6)c(F)c5)c4n3)cc2)C[C@H](C)N1. The molecule has 0 aliphatic carbocycles. The summed E-state index contributed by atoms with van der Waals surface area (Å²) in [6.45, 7) is 10.1. The van der Waals surface area contributed by atoms with Crippen LogP contribution in [0.1, 0.15) is 25.0 Å². The van der Waals surface area contributed by atoms with Gasteiger partial charge in [0.05, 0.1) is 18.9 Å². The zero-order chi connectivity index (χ0) is 27.6. The molecule has 2 aliphatic heterocycles. The van der Waals surface area contributed by atoms with Crippen LogP contribution in [0.25, 0.3) is 16.7 Å². The van der Waals surface area contributed by atoms with E-state index in [0.29, 0.717) is 55.7 Å². The summed E-state index contributed by atoms with van der Waals surface area (Å²) in [6, 6.07) is 13.8. The molecule has 40 heavy (non-hydrogen) atoms. The predicted molar refractivity (Wildman–Crippen MR) is 152 cm³/mol. The van der Waals surface area contributed by atoms with Crippen LogP contribution >= 0.6 is 0 Å². The maximum Gasteiger partial charge on any atom is 0.229 e. The van der Waals surface area contributed by atoms with E-state index in [4.69, 9.17) is 4.74 Å². The number of ether oxygens (including phenoxy) is 1. The number of hydrogen-bond acceptors (Lipinski definition) is 7. The van der Waals surface area contributed by atoms with E-state index >= 15 is 8.78 Å². The lowest BCUT2D eigenvalue weighted by Gasteiger charge is -2.36. The normalized spacial score (nSPS) is 20.7. The lowest BCUT2D eigenvalue weighted by molar-refractivity contribution is 0.0332. The molecule has 2 atom stereocenters. The van der Waals surface area contributed by atoms with Gasteiger partial charge in [-0.25, -0.2) is 13.8 Å². The molecule has 4 heterocycles. The van der Waals surface area contributed by atoms with E-state index in [2.05, 4.69) is 51.5 Å². The molecule has 0 saturated carbocycles. The van der Waals surface area contributed by atoms with Gasteiger partial charge in [-0.05, 0) is 49.7 Å². The maximum absolute atomic E-state index is 15.1. The van der Waals surface area contributed by atoms with E-state index in [9.17, 15) is 0 Å². The number of fused-ring (bicyclic) bond motifs is 1. The van der Waals surface area contributed by atoms with Crippen molar-refractivity contribution in [3.05, 3.63) is 77.6 Å². The number of benzene rings is 2. The molecule has 0 radical (unpaired) electrons. The molecule has 2 aromatic heterocycles. The van der Waals surface area contributed by atoms with Crippen molar-refractivity contribution in [1.82, 2.24) is 29.7 Å². The molecule has 2 N–H and O–H groups in total. The number of rotatable bonds is 7. The molecule has 2 aromatic carbocycles. The monoisotopic (exact) mass is 547 g/mol. The van der Waals surface area contributed by atoms with Crippen LogP contribution < -0.4 is 10.6 Å². The van der Waals surface area contributed by atoms with E-state index in [-0.39, 0.29) is 12.1 Å². The van der Waals surface area contributed by atoms with Crippen LogP contribution in [0.15, 0.2) is 54.9 Å². The Hall–Kier alpha value is -3.44. The van der Waals surface area contributed by atoms with Crippen molar-refractivity contribution < 1.29 is 13.5 Å². The quantitative estimate of drug-likeness (QED) is 0.354. The Kier molecular flexibility index (Phi) is 7.75. The molecule has 2 fully saturated rings. The minimum Gasteiger partial charge on any atom is -0.379 e. The molecule has 4 aromatic rings. The number of hydrogen-bond donors (Lipinski definition) is 2. The maximum atomic E-state index is 15.1. The van der Waals surface area contributed by atoms with Gasteiger partial charge in [0.25, 0.3) is 0 Å². The van der Waals surface area contributed by atoms with Crippen molar-refractivity contribution in [3.63, 3.8) is 0 Å². The van der Waals surface area contributed by atoms with Crippen LogP contribution in [0, 0.1) is 11.6 Å². The Bertz CT molecular complexity index is 1440. The van der Waals surface area contributed by atoms with E-state index in [1.807, 2.05) is 23.1 Å². The molecule has 210 valence electrons. The highest BCUT2D eigenvalue weighted by atomic mass is 19.1. The largest absolute Gasteiger partial charge is 0.379 e. The van der Waals surface area contributed by atoms with E-state index in [1.54, 1.807) is 17.0 Å². The Balaban J connectivity index is 1.17. The van der Waals surface area contributed by atoms with Gasteiger partial charge in [0.1, 0.15) is 17.3 Å². The topological polar surface area (TPSA) is 70.5 Å². The molecule has 10 heteroatoms. The molecule has 0 bridgehead atoms. The molecule has 8 nitrogen and oxygen atoms in total. The van der Waals surface area contributed by atoms with Gasteiger partial charge >= 0.3 is 0 Å². The number of halogens is 2. The average molecular weight is 548 g/mol. The number of nitrogens with one attached hydrogen (secondary N) is 2. The number of aromatic nitrogens is 3. The van der Waals surface area contributed by atoms with Crippen LogP contribution in [0.5, 0.6) is 0 Å². The van der Waals surface area contributed by atoms with Crippen LogP contribution in [0.2, 0.25) is 0 Å². The lowest BCUT2D eigenvalue weighted by Crippen LogP contribution is -2.53. The minimum atomic E-state index is -0.569. The highest BCUT2D eigenvalue weighted by molar-refractivity contribution is 5.78. The number of nitrogens with zero attached hydrogens (tertiary/aromatic N) is 5. The van der Waals surface area contributed by atoms with E-state index < -0.39 is 11.6 Å². The second-order valence-corrected chi connectivity index (χ2v) is 10.9. The summed E-state index contributed by atoms with van der Waals surface area (Å²) in [6.07, 6.45) is 3.47. The second-order valence-electron chi connectivity index (χ2n) is 10.9. The Labute approximate surface area is 233 Å². The van der Waals surface area contributed by atoms with Crippen molar-refractivity contribution in [2.75, 3.05) is 44.7 Å². The van der Waals surface area contributed by atoms with Gasteiger partial charge in [-0.15, -0.1) is 0 Å². The van der Waals surface area contributed by atoms with Gasteiger partial charge < -0.3 is 19.9 Å². The molecule has 2 aliphatic rings. The van der Waals surface area contributed by atoms with Gasteiger partial charge in [-0.1, -0.05) is 12.1 Å². The van der Waals surface area contributed by atoms with Crippen LogP contribution in [-0.2, 0) is 17.8 Å². The standard InChI is InChI=1S/C30H35F2N7O/c1-20-16-38(17-21(2)34-20)18-22-3-5-24(6-4-22)35-30-33-15-23-7-8-39(29(23)36-30)25-13-27(31)26(28(32)14-25)19-37-9-11-40-12-10-37/h3-8,13-15,20-21,34H,9-12,16-19H2,1-2H3,(H,33,35,36)/t20-,21+. The number of anilines is 2. The lowest BCUT2D eigenvalue weighted by atomic mass is 10.1. The van der Waals surface area contributed by atoms with Crippen LogP contribution in [-0.4, -0.2) is 75.8 Å². The summed E-state index contributed by atoms with van der Waals surface area (Å²) in [7, 11) is 0. The summed E-state index contributed by atoms with van der Waals surface area (Å²) in [4.78, 5) is 13.6. The zero-order valence-electron chi connectivity index (χ0n) is 22.9. The van der Waals surface area contributed by atoms with Gasteiger partial charge in [-0.3, -0.25) is 9.80 Å². The number of piperazine rings is 1. The van der Waals surface area contributed by atoms with Gasteiger partial charge in [0.15, 0.2) is 0 Å². The molecule has 0 unspecified atom stereocenters. The van der Waals surface area contributed by atoms with Gasteiger partial charge in [0, 0.05) is 80.4 Å². The van der Waals surface area contributed by atoms with Crippen molar-refractivity contribution >= 4 is 22.7 Å². The Morgan fingerprint density at radius 3 is 2.35 bits per heavy atom. The summed E-state index contributed by atoms with van der Waals surface area (Å²) in [5, 5.41) is 7.61. The first kappa shape index (κ1) is 26.8. The molecule has 6 rings (SSSR count). The summed E-state index contributed by atoms with van der Waals surface area (Å²) in [5.74, 6) is -0.726. The minimum absolute atomic E-state index is 0.0727. The van der Waals surface area contributed by atoms with Crippen molar-refractivity contribution in [3.8, 4) is 5.69 Å². The van der Waals surface area contributed by atoms with Crippen molar-refractivity contribution in [2.45, 2.75) is 39.0 Å². The van der Waals surface area contributed by atoms with Crippen molar-refractivity contribution in [1.29, 1.82) is 0 Å². The molecular weight excluding hydrogens is 512 g/mol. The summed E-state index contributed by atoms with van der Waals surface area (Å²) in [5.41, 5.74) is 3.13. The summed E-state index contributed by atoms with van der Waals surface area (Å²) < 4.78 is 37.2. The van der Waals surface area contributed by atoms with E-state index in [0.717, 1.165) is 30.7 Å². The molecule has 0 spiro atoms. The Morgan fingerprint density at radius 2 is 1.65 bits per heavy atom. The third kappa shape index (κ3) is 6.00. The first-order valence-electron chi connectivity index (χ1n) is 13.9. The fourth-order valence-corrected chi connectivity index (χ4v) is 5.70. The zero-order valence-corrected chi connectivity index (χ0v) is 22.9. The highest BCUT2D eigenvalue weighted by Gasteiger charge is 2.21. The van der Waals surface area contributed by atoms with Crippen molar-refractivity contribution in [2.24, 2.45) is 0 Å². The van der Waals surface area contributed by atoms with Gasteiger partial charge in [0.2, 0.25) is 5.95 Å². The second kappa shape index (κ2) is 11.6. The van der Waals surface area contributed by atoms with Crippen LogP contribution in [0.4, 0.5) is 20.4 Å². The number of morpholine rings is 1. The predicted octanol–water partition coefficient (Wildman–Crippen LogP) is 4.46. The fourth-order valence-electron chi connectivity index (χ4n) is 5.70. The first-order chi connectivity index (χ1) is 19.4. The highest BCUT2D eigenvalue weighted by Crippen LogP contribution is 2.25. The third-order valence-electron chi connectivity index (χ3n) is 7.57. The molecule has 2 saturated heterocycles. The van der Waals surface area contributed by atoms with Crippen LogP contribution in [0.3, 0.4) is 0 Å². The fraction of sp³-hybridized carbons (Fsp3) is 0.400. The average Bonchev–Trinajstić information content (AvgIpc) is 3.35. The third-order valence-corrected chi connectivity index (χ3v) is 7.57. The van der Waals surface area contributed by atoms with E-state index in [1.165, 1.54) is 17.7 Å². The smallest absolute Gasteiger partial charge is 0.229 e. The first-order valence-corrected chi connectivity index (χ1v) is 13.9. The summed E-state index contributed by atoms with van der Waals surface area (Å²) >= 11 is 0.